The Labute approximate surface area is 142 Å². The summed E-state index contributed by atoms with van der Waals surface area (Å²) in [5, 5.41) is 5.97. The van der Waals surface area contributed by atoms with Crippen LogP contribution in [-0.4, -0.2) is 69.2 Å². The van der Waals surface area contributed by atoms with Crippen molar-refractivity contribution in [2.45, 2.75) is 0 Å². The van der Waals surface area contributed by atoms with E-state index in [2.05, 4.69) is 22.2 Å². The molecule has 2 N–H and O–H groups in total. The zero-order chi connectivity index (χ0) is 14.1. The van der Waals surface area contributed by atoms with Gasteiger partial charge in [0, 0.05) is 44.7 Å². The molecule has 0 amide bonds. The van der Waals surface area contributed by atoms with Gasteiger partial charge < -0.3 is 10.6 Å². The minimum Gasteiger partial charge on any atom is -0.355 e. The Morgan fingerprint density at radius 2 is 2.05 bits per heavy atom. The predicted molar refractivity (Wildman–Crippen MR) is 97.7 cm³/mol. The molecule has 6 nitrogen and oxygen atoms in total. The van der Waals surface area contributed by atoms with Gasteiger partial charge in [0.2, 0.25) is 10.0 Å². The maximum atomic E-state index is 12.1. The lowest BCUT2D eigenvalue weighted by Gasteiger charge is -2.25. The number of guanidine groups is 1. The van der Waals surface area contributed by atoms with E-state index in [1.54, 1.807) is 29.2 Å². The quantitative estimate of drug-likeness (QED) is 0.273. The van der Waals surface area contributed by atoms with Crippen molar-refractivity contribution in [1.82, 2.24) is 14.9 Å². The van der Waals surface area contributed by atoms with E-state index in [0.29, 0.717) is 32.1 Å². The largest absolute Gasteiger partial charge is 0.355 e. The lowest BCUT2D eigenvalue weighted by molar-refractivity contribution is 0.443. The topological polar surface area (TPSA) is 73.8 Å². The van der Waals surface area contributed by atoms with E-state index >= 15 is 0 Å². The van der Waals surface area contributed by atoms with Crippen LogP contribution >= 0.6 is 35.7 Å². The van der Waals surface area contributed by atoms with E-state index in [0.717, 1.165) is 11.5 Å². The number of halogens is 1. The molecule has 0 unspecified atom stereocenters. The number of aliphatic imine (C=N–C) groups is 1. The summed E-state index contributed by atoms with van der Waals surface area (Å²) in [6.45, 7) is 5.78. The average Bonchev–Trinajstić information content (AvgIpc) is 2.43. The van der Waals surface area contributed by atoms with Crippen LogP contribution in [0.3, 0.4) is 0 Å². The van der Waals surface area contributed by atoms with Crippen LogP contribution in [0.1, 0.15) is 0 Å². The second-order valence-corrected chi connectivity index (χ2v) is 7.31. The molecule has 0 aliphatic carbocycles. The molecule has 0 aromatic rings. The van der Waals surface area contributed by atoms with Crippen molar-refractivity contribution in [3.05, 3.63) is 12.7 Å². The first-order valence-electron chi connectivity index (χ1n) is 6.21. The van der Waals surface area contributed by atoms with Crippen LogP contribution in [0, 0.1) is 0 Å². The molecular formula is C11H23IN4O2S2. The lowest BCUT2D eigenvalue weighted by atomic mass is 10.6. The fourth-order valence-corrected chi connectivity index (χ4v) is 4.13. The number of nitrogens with zero attached hydrogens (tertiary/aromatic N) is 2. The van der Waals surface area contributed by atoms with Crippen LogP contribution in [0.2, 0.25) is 0 Å². The molecule has 1 aliphatic rings. The third-order valence-electron chi connectivity index (χ3n) is 2.65. The third-order valence-corrected chi connectivity index (χ3v) is 5.47. The molecular weight excluding hydrogens is 411 g/mol. The van der Waals surface area contributed by atoms with Gasteiger partial charge in [-0.25, -0.2) is 12.7 Å². The van der Waals surface area contributed by atoms with Gasteiger partial charge in [0.05, 0.1) is 5.75 Å². The summed E-state index contributed by atoms with van der Waals surface area (Å²) in [6, 6.07) is 0. The van der Waals surface area contributed by atoms with Gasteiger partial charge in [-0.1, -0.05) is 6.08 Å². The number of thioether (sulfide) groups is 1. The molecule has 20 heavy (non-hydrogen) atoms. The highest BCUT2D eigenvalue weighted by atomic mass is 127. The van der Waals surface area contributed by atoms with E-state index in [-0.39, 0.29) is 29.7 Å². The summed E-state index contributed by atoms with van der Waals surface area (Å²) in [7, 11) is -1.51. The first kappa shape index (κ1) is 20.0. The van der Waals surface area contributed by atoms with E-state index < -0.39 is 10.0 Å². The number of rotatable bonds is 6. The zero-order valence-corrected chi connectivity index (χ0v) is 15.6. The Morgan fingerprint density at radius 1 is 1.40 bits per heavy atom. The first-order chi connectivity index (χ1) is 9.10. The Hall–Kier alpha value is -0.000000000000000111. The van der Waals surface area contributed by atoms with Crippen LogP contribution in [-0.2, 0) is 10.0 Å². The van der Waals surface area contributed by atoms with Crippen molar-refractivity contribution in [1.29, 1.82) is 0 Å². The van der Waals surface area contributed by atoms with Gasteiger partial charge in [-0.05, 0) is 0 Å². The number of nitrogens with one attached hydrogen (secondary N) is 2. The van der Waals surface area contributed by atoms with E-state index in [4.69, 9.17) is 0 Å². The molecule has 9 heteroatoms. The molecule has 1 aliphatic heterocycles. The maximum absolute atomic E-state index is 12.1. The van der Waals surface area contributed by atoms with Gasteiger partial charge in [-0.15, -0.1) is 30.6 Å². The van der Waals surface area contributed by atoms with Crippen molar-refractivity contribution in [2.24, 2.45) is 4.99 Å². The van der Waals surface area contributed by atoms with Crippen molar-refractivity contribution in [3.63, 3.8) is 0 Å². The van der Waals surface area contributed by atoms with Crippen LogP contribution in [0.4, 0.5) is 0 Å². The molecule has 0 atom stereocenters. The van der Waals surface area contributed by atoms with Crippen LogP contribution in [0.25, 0.3) is 0 Å². The van der Waals surface area contributed by atoms with Crippen LogP contribution in [0.15, 0.2) is 17.6 Å². The summed E-state index contributed by atoms with van der Waals surface area (Å²) in [4.78, 5) is 3.99. The lowest BCUT2D eigenvalue weighted by Crippen LogP contribution is -2.44. The molecule has 1 fully saturated rings. The van der Waals surface area contributed by atoms with Gasteiger partial charge in [0.1, 0.15) is 0 Å². The van der Waals surface area contributed by atoms with E-state index in [9.17, 15) is 8.42 Å². The molecule has 0 aromatic heterocycles. The minimum absolute atomic E-state index is 0. The van der Waals surface area contributed by atoms with Gasteiger partial charge in [0.15, 0.2) is 5.96 Å². The van der Waals surface area contributed by atoms with Crippen molar-refractivity contribution < 1.29 is 8.42 Å². The highest BCUT2D eigenvalue weighted by molar-refractivity contribution is 14.0. The Kier molecular flexibility index (Phi) is 10.7. The summed E-state index contributed by atoms with van der Waals surface area (Å²) in [5.41, 5.74) is 0. The second-order valence-electron chi connectivity index (χ2n) is 4.00. The summed E-state index contributed by atoms with van der Waals surface area (Å²) in [5.74, 6) is 2.45. The maximum Gasteiger partial charge on any atom is 0.215 e. The van der Waals surface area contributed by atoms with Gasteiger partial charge in [-0.2, -0.15) is 11.8 Å². The monoisotopic (exact) mass is 434 g/mol. The predicted octanol–water partition coefficient (Wildman–Crippen LogP) is 0.334. The average molecular weight is 434 g/mol. The van der Waals surface area contributed by atoms with Crippen molar-refractivity contribution >= 4 is 51.7 Å². The van der Waals surface area contributed by atoms with Crippen molar-refractivity contribution in [2.75, 3.05) is 50.5 Å². The fraction of sp³-hybridized carbons (Fsp3) is 0.727. The van der Waals surface area contributed by atoms with E-state index in [1.807, 2.05) is 0 Å². The smallest absolute Gasteiger partial charge is 0.215 e. The molecule has 0 spiro atoms. The Bertz CT molecular complexity index is 409. The van der Waals surface area contributed by atoms with E-state index in [1.165, 1.54) is 0 Å². The number of hydrogen-bond donors (Lipinski definition) is 2. The summed E-state index contributed by atoms with van der Waals surface area (Å²) in [6.07, 6.45) is 1.72. The Morgan fingerprint density at radius 3 is 2.60 bits per heavy atom. The molecule has 0 saturated carbocycles. The fourth-order valence-electron chi connectivity index (χ4n) is 1.64. The van der Waals surface area contributed by atoms with Gasteiger partial charge in [0.25, 0.3) is 0 Å². The highest BCUT2D eigenvalue weighted by Crippen LogP contribution is 2.12. The zero-order valence-electron chi connectivity index (χ0n) is 11.7. The Balaban J connectivity index is 0.00000361. The number of hydrogen-bond acceptors (Lipinski definition) is 4. The normalized spacial score (nSPS) is 17.1. The molecule has 0 bridgehead atoms. The van der Waals surface area contributed by atoms with Gasteiger partial charge >= 0.3 is 0 Å². The molecule has 118 valence electrons. The molecule has 1 saturated heterocycles. The van der Waals surface area contributed by atoms with Crippen molar-refractivity contribution in [3.8, 4) is 0 Å². The second kappa shape index (κ2) is 10.7. The van der Waals surface area contributed by atoms with Gasteiger partial charge in [-0.3, -0.25) is 4.99 Å². The minimum atomic E-state index is -3.15. The third kappa shape index (κ3) is 7.14. The van der Waals surface area contributed by atoms with Crippen LogP contribution < -0.4 is 10.6 Å². The standard InChI is InChI=1S/C11H22N4O2S2.HI/c1-3-4-13-11(12-2)14-5-10-19(16,17)15-6-8-18-9-7-15;/h3H,1,4-10H2,2H3,(H2,12,13,14);1H. The highest BCUT2D eigenvalue weighted by Gasteiger charge is 2.23. The molecule has 1 heterocycles. The summed E-state index contributed by atoms with van der Waals surface area (Å²) < 4.78 is 25.7. The summed E-state index contributed by atoms with van der Waals surface area (Å²) >= 11 is 1.80. The molecule has 0 aromatic carbocycles. The first-order valence-corrected chi connectivity index (χ1v) is 8.97. The molecule has 0 radical (unpaired) electrons. The van der Waals surface area contributed by atoms with Crippen LogP contribution in [0.5, 0.6) is 0 Å². The molecule has 1 rings (SSSR count). The number of sulfonamides is 1. The SMILES string of the molecule is C=CCNC(=NC)NCCS(=O)(=O)N1CCSCC1.I.